The van der Waals surface area contributed by atoms with E-state index in [2.05, 4.69) is 34.2 Å². The van der Waals surface area contributed by atoms with E-state index in [0.717, 1.165) is 33.9 Å². The highest BCUT2D eigenvalue weighted by Gasteiger charge is 2.05. The van der Waals surface area contributed by atoms with Gasteiger partial charge in [-0.1, -0.05) is 78.7 Å². The summed E-state index contributed by atoms with van der Waals surface area (Å²) in [5, 5.41) is 4.29. The summed E-state index contributed by atoms with van der Waals surface area (Å²) in [6, 6.07) is 14.0. The predicted molar refractivity (Wildman–Crippen MR) is 115 cm³/mol. The van der Waals surface area contributed by atoms with Crippen LogP contribution < -0.4 is 10.1 Å². The van der Waals surface area contributed by atoms with Gasteiger partial charge < -0.3 is 10.1 Å². The Labute approximate surface area is 171 Å². The molecule has 4 heteroatoms. The van der Waals surface area contributed by atoms with Crippen LogP contribution in [0.15, 0.2) is 46.9 Å². The third-order valence-electron chi connectivity index (χ3n) is 4.35. The molecule has 2 aromatic rings. The lowest BCUT2D eigenvalue weighted by Gasteiger charge is -2.13. The fourth-order valence-electron chi connectivity index (χ4n) is 2.82. The molecule has 0 fully saturated rings. The molecule has 2 aromatic carbocycles. The minimum atomic E-state index is 0.545. The largest absolute Gasteiger partial charge is 0.489 e. The Morgan fingerprint density at radius 2 is 1.69 bits per heavy atom. The lowest BCUT2D eigenvalue weighted by atomic mass is 10.1. The predicted octanol–water partition coefficient (Wildman–Crippen LogP) is 7.13. The molecule has 0 radical (unpaired) electrons. The second kappa shape index (κ2) is 12.4. The van der Waals surface area contributed by atoms with Crippen LogP contribution >= 0.6 is 27.5 Å². The van der Waals surface area contributed by atoms with E-state index in [-0.39, 0.29) is 0 Å². The molecule has 0 atom stereocenters. The first-order valence-corrected chi connectivity index (χ1v) is 10.7. The Bertz CT molecular complexity index is 645. The summed E-state index contributed by atoms with van der Waals surface area (Å²) >= 11 is 9.50. The van der Waals surface area contributed by atoms with E-state index in [9.17, 15) is 0 Å². The second-order valence-electron chi connectivity index (χ2n) is 6.61. The number of nitrogens with one attached hydrogen (secondary N) is 1. The zero-order valence-electron chi connectivity index (χ0n) is 15.6. The van der Waals surface area contributed by atoms with E-state index >= 15 is 0 Å². The Balaban J connectivity index is 1.78. The summed E-state index contributed by atoms with van der Waals surface area (Å²) in [4.78, 5) is 0. The molecular weight excluding hydrogens is 410 g/mol. The highest BCUT2D eigenvalue weighted by atomic mass is 79.9. The first kappa shape index (κ1) is 21.3. The van der Waals surface area contributed by atoms with Gasteiger partial charge in [0.2, 0.25) is 0 Å². The lowest BCUT2D eigenvalue weighted by molar-refractivity contribution is 0.302. The summed E-state index contributed by atoms with van der Waals surface area (Å²) in [5.41, 5.74) is 2.29. The Kier molecular flexibility index (Phi) is 10.1. The molecule has 2 rings (SSSR count). The van der Waals surface area contributed by atoms with Gasteiger partial charge in [0.15, 0.2) is 0 Å². The van der Waals surface area contributed by atoms with E-state index < -0.39 is 0 Å². The summed E-state index contributed by atoms with van der Waals surface area (Å²) in [6.45, 7) is 4.68. The van der Waals surface area contributed by atoms with Crippen molar-refractivity contribution >= 4 is 27.5 Å². The van der Waals surface area contributed by atoms with Crippen molar-refractivity contribution in [3.63, 3.8) is 0 Å². The molecule has 2 nitrogen and oxygen atoms in total. The molecule has 0 unspecified atom stereocenters. The van der Waals surface area contributed by atoms with Crippen molar-refractivity contribution in [3.8, 4) is 5.75 Å². The fourth-order valence-corrected chi connectivity index (χ4v) is 3.36. The van der Waals surface area contributed by atoms with E-state index in [0.29, 0.717) is 6.61 Å². The molecule has 0 aliphatic carbocycles. The molecule has 142 valence electrons. The van der Waals surface area contributed by atoms with Gasteiger partial charge in [-0.15, -0.1) is 0 Å². The maximum atomic E-state index is 6.04. The van der Waals surface area contributed by atoms with E-state index in [4.69, 9.17) is 16.3 Å². The normalized spacial score (nSPS) is 10.9. The van der Waals surface area contributed by atoms with Crippen LogP contribution in [0.5, 0.6) is 5.75 Å². The van der Waals surface area contributed by atoms with Crippen LogP contribution in [-0.4, -0.2) is 6.54 Å². The van der Waals surface area contributed by atoms with Crippen molar-refractivity contribution in [2.75, 3.05) is 6.54 Å². The first-order valence-electron chi connectivity index (χ1n) is 9.55. The van der Waals surface area contributed by atoms with Gasteiger partial charge in [-0.25, -0.2) is 0 Å². The van der Waals surface area contributed by atoms with Crippen LogP contribution in [0.2, 0.25) is 5.02 Å². The van der Waals surface area contributed by atoms with Crippen LogP contribution in [-0.2, 0) is 13.2 Å². The van der Waals surface area contributed by atoms with Gasteiger partial charge in [-0.05, 0) is 48.9 Å². The number of rotatable bonds is 12. The van der Waals surface area contributed by atoms with Crippen molar-refractivity contribution in [1.29, 1.82) is 0 Å². The topological polar surface area (TPSA) is 21.3 Å². The molecule has 0 heterocycles. The van der Waals surface area contributed by atoms with Crippen LogP contribution in [0.25, 0.3) is 0 Å². The summed E-state index contributed by atoms with van der Waals surface area (Å²) in [6.07, 6.45) is 7.93. The zero-order chi connectivity index (χ0) is 18.6. The maximum Gasteiger partial charge on any atom is 0.124 e. The highest BCUT2D eigenvalue weighted by Crippen LogP contribution is 2.24. The van der Waals surface area contributed by atoms with E-state index in [1.807, 2.05) is 36.4 Å². The Hall–Kier alpha value is -1.03. The molecule has 0 amide bonds. The van der Waals surface area contributed by atoms with Gasteiger partial charge in [-0.2, -0.15) is 0 Å². The molecule has 0 spiro atoms. The standard InChI is InChI=1S/C22H29BrClNO/c1-2-3-4-5-6-7-14-25-16-19-15-20(23)10-13-22(19)26-17-18-8-11-21(24)12-9-18/h8-13,15,25H,2-7,14,16-17H2,1H3. The molecule has 0 saturated carbocycles. The molecule has 0 bridgehead atoms. The summed E-state index contributed by atoms with van der Waals surface area (Å²) in [7, 11) is 0. The van der Waals surface area contributed by atoms with Gasteiger partial charge in [0.05, 0.1) is 0 Å². The van der Waals surface area contributed by atoms with Crippen molar-refractivity contribution < 1.29 is 4.74 Å². The zero-order valence-corrected chi connectivity index (χ0v) is 17.9. The van der Waals surface area contributed by atoms with Gasteiger partial charge in [0.1, 0.15) is 12.4 Å². The number of ether oxygens (including phenoxy) is 1. The summed E-state index contributed by atoms with van der Waals surface area (Å²) < 4.78 is 7.11. The number of halogens is 2. The van der Waals surface area contributed by atoms with Gasteiger partial charge in [0.25, 0.3) is 0 Å². The quantitative estimate of drug-likeness (QED) is 0.356. The molecule has 0 saturated heterocycles. The molecule has 0 aliphatic rings. The second-order valence-corrected chi connectivity index (χ2v) is 7.96. The highest BCUT2D eigenvalue weighted by molar-refractivity contribution is 9.10. The van der Waals surface area contributed by atoms with Crippen molar-refractivity contribution in [3.05, 3.63) is 63.1 Å². The van der Waals surface area contributed by atoms with Crippen LogP contribution in [0.4, 0.5) is 0 Å². The third-order valence-corrected chi connectivity index (χ3v) is 5.10. The van der Waals surface area contributed by atoms with E-state index in [1.165, 1.54) is 44.1 Å². The molecule has 0 aliphatic heterocycles. The molecule has 0 aromatic heterocycles. The van der Waals surface area contributed by atoms with Gasteiger partial charge in [-0.3, -0.25) is 0 Å². The van der Waals surface area contributed by atoms with E-state index in [1.54, 1.807) is 0 Å². The summed E-state index contributed by atoms with van der Waals surface area (Å²) in [5.74, 6) is 0.929. The number of benzene rings is 2. The first-order chi connectivity index (χ1) is 12.7. The van der Waals surface area contributed by atoms with Gasteiger partial charge >= 0.3 is 0 Å². The van der Waals surface area contributed by atoms with Crippen LogP contribution in [0, 0.1) is 0 Å². The minimum absolute atomic E-state index is 0.545. The van der Waals surface area contributed by atoms with Crippen molar-refractivity contribution in [1.82, 2.24) is 5.32 Å². The molecular formula is C22H29BrClNO. The minimum Gasteiger partial charge on any atom is -0.489 e. The monoisotopic (exact) mass is 437 g/mol. The van der Waals surface area contributed by atoms with Crippen LogP contribution in [0.3, 0.4) is 0 Å². The molecule has 1 N–H and O–H groups in total. The van der Waals surface area contributed by atoms with Gasteiger partial charge in [0, 0.05) is 21.6 Å². The SMILES string of the molecule is CCCCCCCCNCc1cc(Br)ccc1OCc1ccc(Cl)cc1. The average Bonchev–Trinajstić information content (AvgIpc) is 2.64. The number of hydrogen-bond acceptors (Lipinski definition) is 2. The number of hydrogen-bond donors (Lipinski definition) is 1. The lowest BCUT2D eigenvalue weighted by Crippen LogP contribution is -2.15. The van der Waals surface area contributed by atoms with Crippen molar-refractivity contribution in [2.24, 2.45) is 0 Å². The number of unbranched alkanes of at least 4 members (excludes halogenated alkanes) is 5. The average molecular weight is 439 g/mol. The fraction of sp³-hybridized carbons (Fsp3) is 0.455. The smallest absolute Gasteiger partial charge is 0.124 e. The van der Waals surface area contributed by atoms with Crippen LogP contribution in [0.1, 0.15) is 56.6 Å². The Morgan fingerprint density at radius 1 is 0.962 bits per heavy atom. The maximum absolute atomic E-state index is 6.04. The Morgan fingerprint density at radius 3 is 2.46 bits per heavy atom. The molecule has 26 heavy (non-hydrogen) atoms. The van der Waals surface area contributed by atoms with Crippen molar-refractivity contribution in [2.45, 2.75) is 58.6 Å². The third kappa shape index (κ3) is 8.11.